The second-order valence-corrected chi connectivity index (χ2v) is 9.95. The van der Waals surface area contributed by atoms with Crippen LogP contribution < -0.4 is 9.47 Å². The fourth-order valence-electron chi connectivity index (χ4n) is 4.34. The SMILES string of the molecule is COc1cc(/C=C2/C(=O)N(C3CCCCC3)C(=S)N2C)cc(Br)c1OCc1cccc(Cl)c1. The molecule has 2 aromatic rings. The first-order chi connectivity index (χ1) is 15.9. The summed E-state index contributed by atoms with van der Waals surface area (Å²) in [6, 6.07) is 11.5. The van der Waals surface area contributed by atoms with Gasteiger partial charge in [-0.05, 0) is 82.5 Å². The third kappa shape index (κ3) is 5.20. The van der Waals surface area contributed by atoms with Crippen LogP contribution in [-0.4, -0.2) is 41.0 Å². The van der Waals surface area contributed by atoms with E-state index in [4.69, 9.17) is 33.3 Å². The van der Waals surface area contributed by atoms with Gasteiger partial charge in [0.25, 0.3) is 5.91 Å². The normalized spacial score (nSPS) is 18.4. The highest BCUT2D eigenvalue weighted by molar-refractivity contribution is 9.10. The number of benzene rings is 2. The number of carbonyl (C=O) groups excluding carboxylic acids is 1. The van der Waals surface area contributed by atoms with Crippen LogP contribution in [0.15, 0.2) is 46.6 Å². The largest absolute Gasteiger partial charge is 0.493 e. The van der Waals surface area contributed by atoms with Gasteiger partial charge in [-0.15, -0.1) is 0 Å². The van der Waals surface area contributed by atoms with Gasteiger partial charge in [-0.2, -0.15) is 0 Å². The van der Waals surface area contributed by atoms with Crippen LogP contribution in [0.5, 0.6) is 11.5 Å². The van der Waals surface area contributed by atoms with Crippen molar-refractivity contribution in [2.24, 2.45) is 0 Å². The van der Waals surface area contributed by atoms with Gasteiger partial charge in [0.05, 0.1) is 11.6 Å². The average Bonchev–Trinajstić information content (AvgIpc) is 3.01. The molecule has 1 saturated heterocycles. The van der Waals surface area contributed by atoms with Crippen molar-refractivity contribution >= 4 is 56.8 Å². The second kappa shape index (κ2) is 10.5. The van der Waals surface area contributed by atoms with E-state index in [9.17, 15) is 4.79 Å². The van der Waals surface area contributed by atoms with Gasteiger partial charge >= 0.3 is 0 Å². The predicted octanol–water partition coefficient (Wildman–Crippen LogP) is 6.42. The van der Waals surface area contributed by atoms with Gasteiger partial charge in [-0.1, -0.05) is 43.0 Å². The number of methoxy groups -OCH3 is 1. The molecule has 0 N–H and O–H groups in total. The maximum atomic E-state index is 13.3. The third-order valence-electron chi connectivity index (χ3n) is 6.06. The molecule has 0 spiro atoms. The van der Waals surface area contributed by atoms with Crippen LogP contribution >= 0.6 is 39.7 Å². The number of halogens is 2. The molecule has 5 nitrogen and oxygen atoms in total. The third-order valence-corrected chi connectivity index (χ3v) is 7.35. The molecule has 0 atom stereocenters. The number of rotatable bonds is 6. The molecular weight excluding hydrogens is 524 g/mol. The minimum Gasteiger partial charge on any atom is -0.493 e. The molecule has 2 aliphatic rings. The van der Waals surface area contributed by atoms with Crippen molar-refractivity contribution in [2.45, 2.75) is 44.8 Å². The van der Waals surface area contributed by atoms with E-state index >= 15 is 0 Å². The number of thiocarbonyl (C=S) groups is 1. The number of ether oxygens (including phenoxy) is 2. The maximum absolute atomic E-state index is 13.3. The summed E-state index contributed by atoms with van der Waals surface area (Å²) in [4.78, 5) is 16.9. The number of hydrogen-bond donors (Lipinski definition) is 0. The molecule has 0 bridgehead atoms. The van der Waals surface area contributed by atoms with Gasteiger partial charge in [0.15, 0.2) is 16.6 Å². The Morgan fingerprint density at radius 1 is 1.21 bits per heavy atom. The molecular formula is C25H26BrClN2O3S. The van der Waals surface area contributed by atoms with E-state index < -0.39 is 0 Å². The standard InChI is InChI=1S/C25H26BrClN2O3S/c1-28-21(24(30)29(25(28)33)19-9-4-3-5-10-19)13-17-12-20(26)23(22(14-17)31-2)32-15-16-7-6-8-18(27)11-16/h6-8,11-14,19H,3-5,9-10,15H2,1-2H3/b21-13-. The summed E-state index contributed by atoms with van der Waals surface area (Å²) in [5.41, 5.74) is 2.33. The summed E-state index contributed by atoms with van der Waals surface area (Å²) in [6.45, 7) is 0.349. The lowest BCUT2D eigenvalue weighted by Gasteiger charge is -2.30. The highest BCUT2D eigenvalue weighted by atomic mass is 79.9. The van der Waals surface area contributed by atoms with Crippen LogP contribution in [0.4, 0.5) is 0 Å². The molecule has 1 saturated carbocycles. The van der Waals surface area contributed by atoms with E-state index in [0.717, 1.165) is 41.3 Å². The summed E-state index contributed by atoms with van der Waals surface area (Å²) in [5, 5.41) is 1.24. The molecule has 174 valence electrons. The monoisotopic (exact) mass is 548 g/mol. The van der Waals surface area contributed by atoms with Gasteiger partial charge in [-0.3, -0.25) is 9.69 Å². The van der Waals surface area contributed by atoms with E-state index in [1.807, 2.05) is 49.5 Å². The molecule has 2 aromatic carbocycles. The number of nitrogens with zero attached hydrogens (tertiary/aromatic N) is 2. The average molecular weight is 550 g/mol. The number of carbonyl (C=O) groups is 1. The Balaban J connectivity index is 1.58. The molecule has 4 rings (SSSR count). The molecule has 1 aliphatic heterocycles. The first-order valence-corrected chi connectivity index (χ1v) is 12.5. The van der Waals surface area contributed by atoms with Gasteiger partial charge in [-0.25, -0.2) is 0 Å². The first kappa shape index (κ1) is 24.0. The van der Waals surface area contributed by atoms with Crippen molar-refractivity contribution in [3.63, 3.8) is 0 Å². The van der Waals surface area contributed by atoms with Gasteiger partial charge in [0.2, 0.25) is 0 Å². The molecule has 2 fully saturated rings. The second-order valence-electron chi connectivity index (χ2n) is 8.29. The topological polar surface area (TPSA) is 42.0 Å². The molecule has 0 unspecified atom stereocenters. The smallest absolute Gasteiger partial charge is 0.277 e. The molecule has 8 heteroatoms. The lowest BCUT2D eigenvalue weighted by atomic mass is 9.94. The number of hydrogen-bond acceptors (Lipinski definition) is 4. The van der Waals surface area contributed by atoms with Crippen LogP contribution in [0.25, 0.3) is 6.08 Å². The zero-order chi connectivity index (χ0) is 23.5. The minimum absolute atomic E-state index is 0.0363. The highest BCUT2D eigenvalue weighted by Gasteiger charge is 2.40. The lowest BCUT2D eigenvalue weighted by Crippen LogP contribution is -2.41. The van der Waals surface area contributed by atoms with Crippen LogP contribution in [0, 0.1) is 0 Å². The van der Waals surface area contributed by atoms with Crippen molar-refractivity contribution in [2.75, 3.05) is 14.2 Å². The zero-order valence-electron chi connectivity index (χ0n) is 18.6. The van der Waals surface area contributed by atoms with Gasteiger partial charge < -0.3 is 14.4 Å². The summed E-state index contributed by atoms with van der Waals surface area (Å²) in [6.07, 6.45) is 7.37. The Labute approximate surface area is 213 Å². The van der Waals surface area contributed by atoms with E-state index in [0.29, 0.717) is 33.9 Å². The fraction of sp³-hybridized carbons (Fsp3) is 0.360. The van der Waals surface area contributed by atoms with Crippen molar-refractivity contribution in [1.82, 2.24) is 9.80 Å². The molecule has 0 aromatic heterocycles. The molecule has 0 radical (unpaired) electrons. The summed E-state index contributed by atoms with van der Waals surface area (Å²) in [7, 11) is 3.45. The first-order valence-electron chi connectivity index (χ1n) is 11.0. The Hall–Kier alpha value is -2.09. The van der Waals surface area contributed by atoms with E-state index in [1.54, 1.807) is 16.9 Å². The van der Waals surface area contributed by atoms with E-state index in [-0.39, 0.29) is 11.9 Å². The summed E-state index contributed by atoms with van der Waals surface area (Å²) < 4.78 is 12.3. The lowest BCUT2D eigenvalue weighted by molar-refractivity contribution is -0.124. The van der Waals surface area contributed by atoms with Crippen molar-refractivity contribution in [3.05, 3.63) is 62.7 Å². The molecule has 1 amide bonds. The fourth-order valence-corrected chi connectivity index (χ4v) is 5.46. The van der Waals surface area contributed by atoms with Gasteiger partial charge in [0.1, 0.15) is 12.3 Å². The number of likely N-dealkylation sites (N-methyl/N-ethyl adjacent to an activating group) is 1. The van der Waals surface area contributed by atoms with Gasteiger partial charge in [0, 0.05) is 18.1 Å². The summed E-state index contributed by atoms with van der Waals surface area (Å²) >= 11 is 15.3. The molecule has 33 heavy (non-hydrogen) atoms. The minimum atomic E-state index is -0.0363. The van der Waals surface area contributed by atoms with Crippen molar-refractivity contribution in [1.29, 1.82) is 0 Å². The molecule has 1 heterocycles. The summed E-state index contributed by atoms with van der Waals surface area (Å²) in [5.74, 6) is 1.12. The Morgan fingerprint density at radius 3 is 2.67 bits per heavy atom. The Bertz CT molecular complexity index is 1100. The van der Waals surface area contributed by atoms with E-state index in [2.05, 4.69) is 15.9 Å². The van der Waals surface area contributed by atoms with E-state index in [1.165, 1.54) is 6.42 Å². The van der Waals surface area contributed by atoms with Crippen molar-refractivity contribution < 1.29 is 14.3 Å². The maximum Gasteiger partial charge on any atom is 0.277 e. The Kier molecular flexibility index (Phi) is 7.62. The van der Waals surface area contributed by atoms with Crippen LogP contribution in [-0.2, 0) is 11.4 Å². The highest BCUT2D eigenvalue weighted by Crippen LogP contribution is 2.39. The molecule has 1 aliphatic carbocycles. The Morgan fingerprint density at radius 2 is 1.97 bits per heavy atom. The van der Waals surface area contributed by atoms with Crippen LogP contribution in [0.3, 0.4) is 0 Å². The predicted molar refractivity (Wildman–Crippen MR) is 139 cm³/mol. The number of amides is 1. The zero-order valence-corrected chi connectivity index (χ0v) is 21.8. The van der Waals surface area contributed by atoms with Crippen molar-refractivity contribution in [3.8, 4) is 11.5 Å². The quantitative estimate of drug-likeness (QED) is 0.307. The van der Waals surface area contributed by atoms with Crippen LogP contribution in [0.2, 0.25) is 5.02 Å². The van der Waals surface area contributed by atoms with Crippen LogP contribution in [0.1, 0.15) is 43.2 Å².